The number of aliphatic hydroxyl groups is 5. The van der Waals surface area contributed by atoms with Gasteiger partial charge in [0.1, 0.15) is 24.4 Å². The van der Waals surface area contributed by atoms with Gasteiger partial charge in [-0.05, 0) is 51.4 Å². The molecule has 0 bridgehead atoms. The Bertz CT molecular complexity index is 941. The Balaban J connectivity index is 2.09. The van der Waals surface area contributed by atoms with E-state index < -0.39 is 49.5 Å². The quantitative estimate of drug-likeness (QED) is 0.0274. The van der Waals surface area contributed by atoms with E-state index in [2.05, 4.69) is 55.6 Å². The van der Waals surface area contributed by atoms with E-state index in [0.717, 1.165) is 57.8 Å². The molecule has 0 aromatic carbocycles. The number of ether oxygens (including phenoxy) is 2. The molecule has 0 spiro atoms. The van der Waals surface area contributed by atoms with Crippen LogP contribution >= 0.6 is 0 Å². The smallest absolute Gasteiger partial charge is 0.220 e. The van der Waals surface area contributed by atoms with Crippen molar-refractivity contribution in [2.45, 2.75) is 230 Å². The Morgan fingerprint density at radius 3 is 1.61 bits per heavy atom. The fraction of sp³-hybridized carbons (Fsp3) is 0.844. The zero-order valence-corrected chi connectivity index (χ0v) is 34.5. The van der Waals surface area contributed by atoms with Crippen LogP contribution in [0.2, 0.25) is 0 Å². The number of rotatable bonds is 36. The number of aliphatic hydroxyl groups excluding tert-OH is 5. The Morgan fingerprint density at radius 2 is 1.09 bits per heavy atom. The van der Waals surface area contributed by atoms with Gasteiger partial charge < -0.3 is 40.3 Å². The second-order valence-electron chi connectivity index (χ2n) is 15.5. The van der Waals surface area contributed by atoms with E-state index in [4.69, 9.17) is 9.47 Å². The van der Waals surface area contributed by atoms with Gasteiger partial charge in [-0.3, -0.25) is 4.79 Å². The van der Waals surface area contributed by atoms with Gasteiger partial charge in [-0.25, -0.2) is 0 Å². The van der Waals surface area contributed by atoms with Gasteiger partial charge in [0.15, 0.2) is 6.29 Å². The minimum atomic E-state index is -1.55. The minimum Gasteiger partial charge on any atom is -0.394 e. The zero-order chi connectivity index (χ0) is 39.5. The SMILES string of the molecule is CCCCCCC/C=C\C/C=C\C/C=C\CCCCCCCCCCCCCCC(=O)NC(COC1OC(CO)C(O)C(O)C1O)C(O)CCCCCC. The lowest BCUT2D eigenvalue weighted by Crippen LogP contribution is -2.60. The summed E-state index contributed by atoms with van der Waals surface area (Å²) in [4.78, 5) is 12.8. The normalized spacial score (nSPS) is 21.8. The van der Waals surface area contributed by atoms with E-state index in [1.807, 2.05) is 0 Å². The zero-order valence-electron chi connectivity index (χ0n) is 34.5. The van der Waals surface area contributed by atoms with Crippen LogP contribution in [-0.4, -0.2) is 87.5 Å². The molecule has 1 amide bonds. The van der Waals surface area contributed by atoms with Crippen molar-refractivity contribution >= 4 is 5.91 Å². The van der Waals surface area contributed by atoms with E-state index in [0.29, 0.717) is 12.8 Å². The van der Waals surface area contributed by atoms with Gasteiger partial charge in [0.05, 0.1) is 25.4 Å². The molecule has 0 aliphatic carbocycles. The maximum atomic E-state index is 12.8. The molecule has 7 atom stereocenters. The van der Waals surface area contributed by atoms with Crippen molar-refractivity contribution in [1.29, 1.82) is 0 Å². The average molecular weight is 766 g/mol. The number of carbonyl (C=O) groups excluding carboxylic acids is 1. The molecule has 1 rings (SSSR count). The number of hydrogen-bond acceptors (Lipinski definition) is 8. The van der Waals surface area contributed by atoms with E-state index in [1.54, 1.807) is 0 Å². The van der Waals surface area contributed by atoms with Crippen molar-refractivity contribution in [3.8, 4) is 0 Å². The summed E-state index contributed by atoms with van der Waals surface area (Å²) in [6.45, 7) is 3.69. The summed E-state index contributed by atoms with van der Waals surface area (Å²) in [5.41, 5.74) is 0. The van der Waals surface area contributed by atoms with Gasteiger partial charge in [0.2, 0.25) is 5.91 Å². The third kappa shape index (κ3) is 26.3. The maximum absolute atomic E-state index is 12.8. The lowest BCUT2D eigenvalue weighted by Gasteiger charge is -2.40. The van der Waals surface area contributed by atoms with E-state index in [1.165, 1.54) is 103 Å². The van der Waals surface area contributed by atoms with Crippen LogP contribution in [0.4, 0.5) is 0 Å². The molecule has 6 N–H and O–H groups in total. The van der Waals surface area contributed by atoms with Crippen LogP contribution in [0.5, 0.6) is 0 Å². The lowest BCUT2D eigenvalue weighted by molar-refractivity contribution is -0.302. The summed E-state index contributed by atoms with van der Waals surface area (Å²) < 4.78 is 11.1. The van der Waals surface area contributed by atoms with E-state index >= 15 is 0 Å². The highest BCUT2D eigenvalue weighted by Crippen LogP contribution is 2.23. The molecule has 54 heavy (non-hydrogen) atoms. The van der Waals surface area contributed by atoms with Gasteiger partial charge in [0, 0.05) is 6.42 Å². The van der Waals surface area contributed by atoms with Crippen molar-refractivity contribution in [3.05, 3.63) is 36.5 Å². The number of nitrogens with one attached hydrogen (secondary N) is 1. The highest BCUT2D eigenvalue weighted by atomic mass is 16.7. The van der Waals surface area contributed by atoms with Crippen LogP contribution in [0.15, 0.2) is 36.5 Å². The van der Waals surface area contributed by atoms with Crippen molar-refractivity contribution in [3.63, 3.8) is 0 Å². The van der Waals surface area contributed by atoms with Crippen LogP contribution < -0.4 is 5.32 Å². The molecule has 7 unspecified atom stereocenters. The van der Waals surface area contributed by atoms with Gasteiger partial charge in [-0.1, -0.05) is 166 Å². The molecular weight excluding hydrogens is 682 g/mol. The molecule has 1 aliphatic rings. The predicted molar refractivity (Wildman–Crippen MR) is 221 cm³/mol. The largest absolute Gasteiger partial charge is 0.394 e. The molecular formula is C45H83NO8. The summed E-state index contributed by atoms with van der Waals surface area (Å²) in [5.74, 6) is -0.157. The third-order valence-electron chi connectivity index (χ3n) is 10.5. The van der Waals surface area contributed by atoms with Crippen LogP contribution in [0.3, 0.4) is 0 Å². The highest BCUT2D eigenvalue weighted by Gasteiger charge is 2.44. The Labute approximate surface area is 330 Å². The molecule has 1 saturated heterocycles. The lowest BCUT2D eigenvalue weighted by atomic mass is 9.99. The van der Waals surface area contributed by atoms with Gasteiger partial charge >= 0.3 is 0 Å². The molecule has 0 radical (unpaired) electrons. The number of amides is 1. The summed E-state index contributed by atoms with van der Waals surface area (Å²) in [6.07, 6.45) is 36.6. The molecule has 9 nitrogen and oxygen atoms in total. The van der Waals surface area contributed by atoms with E-state index in [-0.39, 0.29) is 12.5 Å². The van der Waals surface area contributed by atoms with Crippen LogP contribution in [-0.2, 0) is 14.3 Å². The fourth-order valence-electron chi connectivity index (χ4n) is 6.87. The molecule has 1 fully saturated rings. The van der Waals surface area contributed by atoms with Gasteiger partial charge in [-0.2, -0.15) is 0 Å². The molecule has 0 aromatic heterocycles. The van der Waals surface area contributed by atoms with Crippen molar-refractivity contribution in [1.82, 2.24) is 5.32 Å². The second kappa shape index (κ2) is 35.8. The Hall–Kier alpha value is -1.59. The predicted octanol–water partition coefficient (Wildman–Crippen LogP) is 8.89. The molecule has 9 heteroatoms. The number of allylic oxidation sites excluding steroid dienone is 6. The standard InChI is InChI=1S/C45H83NO8/c1-3-5-7-9-10-11-12-13-14-15-16-17-18-19-20-21-22-23-24-25-26-27-28-29-30-31-33-35-41(49)46-38(39(48)34-32-8-6-4-2)37-53-45-44(52)43(51)42(50)40(36-47)54-45/h12-13,15-16,18-19,38-40,42-45,47-48,50-52H,3-11,14,17,20-37H2,1-2H3,(H,46,49)/b13-12-,16-15-,19-18-. The first-order chi connectivity index (χ1) is 26.3. The average Bonchev–Trinajstić information content (AvgIpc) is 3.17. The molecule has 0 saturated carbocycles. The summed E-state index contributed by atoms with van der Waals surface area (Å²) in [7, 11) is 0. The maximum Gasteiger partial charge on any atom is 0.220 e. The van der Waals surface area contributed by atoms with Crippen molar-refractivity contribution < 1.29 is 39.8 Å². The van der Waals surface area contributed by atoms with Crippen LogP contribution in [0, 0.1) is 0 Å². The summed E-state index contributed by atoms with van der Waals surface area (Å²) in [6, 6.07) is -0.715. The van der Waals surface area contributed by atoms with Crippen LogP contribution in [0.25, 0.3) is 0 Å². The Morgan fingerprint density at radius 1 is 0.630 bits per heavy atom. The number of unbranched alkanes of at least 4 members (excludes halogenated alkanes) is 20. The molecule has 316 valence electrons. The number of hydrogen-bond donors (Lipinski definition) is 6. The topological polar surface area (TPSA) is 149 Å². The Kier molecular flexibility index (Phi) is 33.4. The summed E-state index contributed by atoms with van der Waals surface area (Å²) >= 11 is 0. The van der Waals surface area contributed by atoms with Crippen molar-refractivity contribution in [2.24, 2.45) is 0 Å². The first-order valence-corrected chi connectivity index (χ1v) is 22.2. The number of carbonyl (C=O) groups is 1. The molecule has 0 aromatic rings. The molecule has 1 heterocycles. The first kappa shape index (κ1) is 50.4. The summed E-state index contributed by atoms with van der Waals surface area (Å²) in [5, 5.41) is 53.7. The van der Waals surface area contributed by atoms with Gasteiger partial charge in [-0.15, -0.1) is 0 Å². The van der Waals surface area contributed by atoms with Gasteiger partial charge in [0.25, 0.3) is 0 Å². The fourth-order valence-corrected chi connectivity index (χ4v) is 6.87. The monoisotopic (exact) mass is 766 g/mol. The minimum absolute atomic E-state index is 0.142. The van der Waals surface area contributed by atoms with Crippen LogP contribution in [0.1, 0.15) is 187 Å². The second-order valence-corrected chi connectivity index (χ2v) is 15.5. The highest BCUT2D eigenvalue weighted by molar-refractivity contribution is 5.76. The third-order valence-corrected chi connectivity index (χ3v) is 10.5. The molecule has 1 aliphatic heterocycles. The first-order valence-electron chi connectivity index (χ1n) is 22.2. The van der Waals surface area contributed by atoms with E-state index in [9.17, 15) is 30.3 Å². The van der Waals surface area contributed by atoms with Crippen molar-refractivity contribution in [2.75, 3.05) is 13.2 Å².